The van der Waals surface area contributed by atoms with Gasteiger partial charge in [-0.25, -0.2) is 9.59 Å². The van der Waals surface area contributed by atoms with Gasteiger partial charge in [0.25, 0.3) is 0 Å². The summed E-state index contributed by atoms with van der Waals surface area (Å²) in [5.41, 5.74) is -3.30. The van der Waals surface area contributed by atoms with Crippen molar-refractivity contribution in [2.45, 2.75) is 51.9 Å². The van der Waals surface area contributed by atoms with Gasteiger partial charge in [-0.3, -0.25) is 0 Å². The van der Waals surface area contributed by atoms with E-state index in [2.05, 4.69) is 0 Å². The second kappa shape index (κ2) is 6.12. The van der Waals surface area contributed by atoms with Crippen molar-refractivity contribution in [3.8, 4) is 0 Å². The van der Waals surface area contributed by atoms with E-state index < -0.39 is 23.7 Å². The first-order chi connectivity index (χ1) is 8.51. The van der Waals surface area contributed by atoms with Crippen LogP contribution in [0.2, 0.25) is 0 Å². The van der Waals surface area contributed by atoms with Crippen molar-refractivity contribution >= 4 is 12.0 Å². The Bertz CT molecular complexity index is 347. The normalized spacial score (nSPS) is 16.4. The van der Waals surface area contributed by atoms with E-state index in [9.17, 15) is 22.8 Å². The molecule has 8 heteroatoms. The summed E-state index contributed by atoms with van der Waals surface area (Å²) in [6.07, 6.45) is -4.53. The number of aliphatic carboxylic acids is 1. The van der Waals surface area contributed by atoms with Crippen molar-refractivity contribution in [2.24, 2.45) is 0 Å². The smallest absolute Gasteiger partial charge is 0.422 e. The summed E-state index contributed by atoms with van der Waals surface area (Å²) < 4.78 is 38.3. The molecule has 5 nitrogen and oxygen atoms in total. The van der Waals surface area contributed by atoms with Gasteiger partial charge in [-0.15, -0.1) is 0 Å². The molecule has 2 amide bonds. The zero-order valence-electron chi connectivity index (χ0n) is 11.3. The highest BCUT2D eigenvalue weighted by Gasteiger charge is 2.58. The molecule has 0 aromatic carbocycles. The number of carbonyl (C=O) groups excluding carboxylic acids is 1. The molecule has 0 aliphatic carbocycles. The maximum atomic E-state index is 12.8. The molecule has 2 atom stereocenters. The summed E-state index contributed by atoms with van der Waals surface area (Å²) in [7, 11) is 0. The Morgan fingerprint density at radius 2 is 1.79 bits per heavy atom. The molecule has 0 heterocycles. The van der Waals surface area contributed by atoms with Gasteiger partial charge in [0.15, 0.2) is 0 Å². The van der Waals surface area contributed by atoms with Gasteiger partial charge in [-0.1, -0.05) is 6.92 Å². The third-order valence-corrected chi connectivity index (χ3v) is 3.08. The van der Waals surface area contributed by atoms with Crippen LogP contribution in [0, 0.1) is 0 Å². The lowest BCUT2D eigenvalue weighted by Crippen LogP contribution is -2.64. The molecule has 0 aromatic heterocycles. The number of carbonyl (C=O) groups is 2. The predicted octanol–water partition coefficient (Wildman–Crippen LogP) is 2.22. The van der Waals surface area contributed by atoms with Crippen LogP contribution in [0.5, 0.6) is 0 Å². The Kier molecular flexibility index (Phi) is 5.64. The summed E-state index contributed by atoms with van der Waals surface area (Å²) in [5.74, 6) is -2.14. The summed E-state index contributed by atoms with van der Waals surface area (Å²) >= 11 is 0. The van der Waals surface area contributed by atoms with E-state index >= 15 is 0 Å². The van der Waals surface area contributed by atoms with Crippen LogP contribution in [-0.2, 0) is 4.79 Å². The fourth-order valence-electron chi connectivity index (χ4n) is 1.41. The maximum Gasteiger partial charge on any atom is 0.422 e. The highest BCUT2D eigenvalue weighted by Crippen LogP contribution is 2.30. The molecule has 2 N–H and O–H groups in total. The van der Waals surface area contributed by atoms with E-state index in [4.69, 9.17) is 5.11 Å². The average molecular weight is 284 g/mol. The number of hydrogen-bond acceptors (Lipinski definition) is 2. The molecule has 0 fully saturated rings. The van der Waals surface area contributed by atoms with Crippen LogP contribution in [0.25, 0.3) is 0 Å². The Morgan fingerprint density at radius 1 is 1.32 bits per heavy atom. The molecule has 0 rings (SSSR count). The summed E-state index contributed by atoms with van der Waals surface area (Å²) in [4.78, 5) is 23.8. The highest BCUT2D eigenvalue weighted by molar-refractivity contribution is 5.86. The number of amides is 2. The van der Waals surface area contributed by atoms with Crippen LogP contribution >= 0.6 is 0 Å². The molecule has 2 unspecified atom stereocenters. The van der Waals surface area contributed by atoms with Gasteiger partial charge < -0.3 is 15.3 Å². The number of hydrogen-bond donors (Lipinski definition) is 2. The van der Waals surface area contributed by atoms with E-state index in [0.717, 1.165) is 4.90 Å². The number of nitrogens with zero attached hydrogens (tertiary/aromatic N) is 1. The van der Waals surface area contributed by atoms with Crippen LogP contribution < -0.4 is 5.32 Å². The van der Waals surface area contributed by atoms with Gasteiger partial charge in [-0.05, 0) is 27.2 Å². The van der Waals surface area contributed by atoms with Crippen LogP contribution in [0.15, 0.2) is 0 Å². The van der Waals surface area contributed by atoms with Gasteiger partial charge in [-0.2, -0.15) is 13.2 Å². The van der Waals surface area contributed by atoms with Crippen LogP contribution in [-0.4, -0.2) is 46.3 Å². The highest BCUT2D eigenvalue weighted by atomic mass is 19.4. The molecule has 0 aromatic rings. The van der Waals surface area contributed by atoms with Gasteiger partial charge in [0.05, 0.1) is 0 Å². The fourth-order valence-corrected chi connectivity index (χ4v) is 1.41. The van der Waals surface area contributed by atoms with Crippen molar-refractivity contribution in [2.75, 3.05) is 6.54 Å². The van der Waals surface area contributed by atoms with Crippen molar-refractivity contribution in [3.05, 3.63) is 0 Å². The second-order valence-electron chi connectivity index (χ2n) is 4.40. The van der Waals surface area contributed by atoms with Crippen molar-refractivity contribution in [1.82, 2.24) is 10.2 Å². The molecular weight excluding hydrogens is 265 g/mol. The summed E-state index contributed by atoms with van der Waals surface area (Å²) in [6, 6.07) is -1.32. The fraction of sp³-hybridized carbons (Fsp3) is 0.818. The predicted molar refractivity (Wildman–Crippen MR) is 62.8 cm³/mol. The van der Waals surface area contributed by atoms with E-state index in [1.807, 2.05) is 0 Å². The molecule has 0 aliphatic rings. The molecule has 0 aliphatic heterocycles. The summed E-state index contributed by atoms with van der Waals surface area (Å²) in [6.45, 7) is 5.68. The number of urea groups is 1. The van der Waals surface area contributed by atoms with Gasteiger partial charge in [0.1, 0.15) is 0 Å². The maximum absolute atomic E-state index is 12.8. The molecule has 0 bridgehead atoms. The Balaban J connectivity index is 5.18. The SMILES string of the molecule is CCC(C)N(CC)C(=O)NC(C)(C(=O)O)C(F)(F)F. The lowest BCUT2D eigenvalue weighted by atomic mass is 10.0. The van der Waals surface area contributed by atoms with E-state index in [1.165, 1.54) is 0 Å². The lowest BCUT2D eigenvalue weighted by Gasteiger charge is -2.34. The van der Waals surface area contributed by atoms with Gasteiger partial charge in [0, 0.05) is 12.6 Å². The minimum Gasteiger partial charge on any atom is -0.479 e. The van der Waals surface area contributed by atoms with Crippen LogP contribution in [0.4, 0.5) is 18.0 Å². The molecule has 0 saturated carbocycles. The molecule has 112 valence electrons. The Labute approximate surface area is 109 Å². The average Bonchev–Trinajstić information content (AvgIpc) is 2.27. The van der Waals surface area contributed by atoms with Gasteiger partial charge in [0.2, 0.25) is 5.54 Å². The zero-order valence-corrected chi connectivity index (χ0v) is 11.3. The monoisotopic (exact) mass is 284 g/mol. The molecule has 0 spiro atoms. The molecule has 0 radical (unpaired) electrons. The largest absolute Gasteiger partial charge is 0.479 e. The third kappa shape index (κ3) is 3.74. The zero-order chi connectivity index (χ0) is 15.4. The Morgan fingerprint density at radius 3 is 2.05 bits per heavy atom. The third-order valence-electron chi connectivity index (χ3n) is 3.08. The first kappa shape index (κ1) is 17.5. The first-order valence-corrected chi connectivity index (χ1v) is 5.90. The second-order valence-corrected chi connectivity index (χ2v) is 4.40. The molecule has 0 saturated heterocycles. The first-order valence-electron chi connectivity index (χ1n) is 5.90. The van der Waals surface area contributed by atoms with Crippen LogP contribution in [0.3, 0.4) is 0 Å². The van der Waals surface area contributed by atoms with E-state index in [-0.39, 0.29) is 12.6 Å². The minimum atomic E-state index is -5.08. The number of carboxylic acid groups (broad SMARTS) is 1. The summed E-state index contributed by atoms with van der Waals surface area (Å²) in [5, 5.41) is 10.3. The van der Waals surface area contributed by atoms with Crippen LogP contribution in [0.1, 0.15) is 34.1 Å². The van der Waals surface area contributed by atoms with Crippen molar-refractivity contribution in [3.63, 3.8) is 0 Å². The van der Waals surface area contributed by atoms with Crippen molar-refractivity contribution in [1.29, 1.82) is 0 Å². The van der Waals surface area contributed by atoms with Crippen molar-refractivity contribution < 1.29 is 27.9 Å². The minimum absolute atomic E-state index is 0.189. The van der Waals surface area contributed by atoms with E-state index in [0.29, 0.717) is 13.3 Å². The number of nitrogens with one attached hydrogen (secondary N) is 1. The molecule has 19 heavy (non-hydrogen) atoms. The number of carboxylic acids is 1. The van der Waals surface area contributed by atoms with E-state index in [1.54, 1.807) is 26.1 Å². The Hall–Kier alpha value is -1.47. The van der Waals surface area contributed by atoms with Gasteiger partial charge >= 0.3 is 18.2 Å². The standard InChI is InChI=1S/C11H19F3N2O3/c1-5-7(3)16(6-2)9(19)15-10(4,8(17)18)11(12,13)14/h7H,5-6H2,1-4H3,(H,15,19)(H,17,18). The topological polar surface area (TPSA) is 69.6 Å². The quantitative estimate of drug-likeness (QED) is 0.813. The number of rotatable bonds is 5. The molecular formula is C11H19F3N2O3. The number of alkyl halides is 3. The lowest BCUT2D eigenvalue weighted by molar-refractivity contribution is -0.203. The number of halogens is 3.